The van der Waals surface area contributed by atoms with Gasteiger partial charge in [0.25, 0.3) is 5.69 Å². The molecule has 1 aromatic heterocycles. The smallest absolute Gasteiger partial charge is 0.339 e. The van der Waals surface area contributed by atoms with E-state index in [1.165, 1.54) is 0 Å². The van der Waals surface area contributed by atoms with Gasteiger partial charge in [0.1, 0.15) is 17.6 Å². The molecule has 1 fully saturated rings. The van der Waals surface area contributed by atoms with Crippen molar-refractivity contribution in [2.75, 3.05) is 31.6 Å². The number of carboxylic acids is 1. The van der Waals surface area contributed by atoms with Gasteiger partial charge in [0.05, 0.1) is 11.5 Å². The van der Waals surface area contributed by atoms with Crippen LogP contribution < -0.4 is 4.90 Å². The Labute approximate surface area is 119 Å². The number of amides is 1. The van der Waals surface area contributed by atoms with Gasteiger partial charge in [0, 0.05) is 26.2 Å². The topological polar surface area (TPSA) is 117 Å². The first-order chi connectivity index (χ1) is 9.90. The van der Waals surface area contributed by atoms with E-state index >= 15 is 0 Å². The zero-order valence-electron chi connectivity index (χ0n) is 11.4. The minimum absolute atomic E-state index is 0.00158. The number of carbonyl (C=O) groups excluding carboxylic acids is 1. The van der Waals surface area contributed by atoms with Crippen molar-refractivity contribution in [2.24, 2.45) is 0 Å². The van der Waals surface area contributed by atoms with E-state index in [9.17, 15) is 24.8 Å². The minimum Gasteiger partial charge on any atom is -0.478 e. The van der Waals surface area contributed by atoms with Crippen LogP contribution >= 0.6 is 0 Å². The lowest BCUT2D eigenvalue weighted by Crippen LogP contribution is -2.35. The minimum atomic E-state index is -1.31. The second-order valence-corrected chi connectivity index (χ2v) is 4.72. The van der Waals surface area contributed by atoms with E-state index in [2.05, 4.69) is 4.98 Å². The first-order valence-corrected chi connectivity index (χ1v) is 6.27. The lowest BCUT2D eigenvalue weighted by molar-refractivity contribution is -0.385. The highest BCUT2D eigenvalue weighted by Crippen LogP contribution is 2.23. The van der Waals surface area contributed by atoms with Gasteiger partial charge in [0.15, 0.2) is 0 Å². The van der Waals surface area contributed by atoms with Crippen LogP contribution in [0.4, 0.5) is 11.5 Å². The number of aromatic nitrogens is 1. The Hall–Kier alpha value is -2.71. The summed E-state index contributed by atoms with van der Waals surface area (Å²) < 4.78 is 0. The molecular weight excluding hydrogens is 280 g/mol. The highest BCUT2D eigenvalue weighted by molar-refractivity contribution is 5.95. The SMILES string of the molecule is CN1CCCN(c2ncc([N+](=O)[O-])cc2C(=O)O)CC1=O. The van der Waals surface area contributed by atoms with Crippen LogP contribution in [0.15, 0.2) is 12.3 Å². The molecule has 0 aromatic carbocycles. The molecule has 2 rings (SSSR count). The number of anilines is 1. The lowest BCUT2D eigenvalue weighted by atomic mass is 10.2. The summed E-state index contributed by atoms with van der Waals surface area (Å²) in [4.78, 5) is 40.1. The van der Waals surface area contributed by atoms with Gasteiger partial charge in [-0.25, -0.2) is 9.78 Å². The summed E-state index contributed by atoms with van der Waals surface area (Å²) in [5.41, 5.74) is -0.670. The van der Waals surface area contributed by atoms with Gasteiger partial charge in [-0.05, 0) is 6.42 Å². The molecule has 1 aliphatic heterocycles. The fraction of sp³-hybridized carbons (Fsp3) is 0.417. The molecule has 0 aliphatic carbocycles. The van der Waals surface area contributed by atoms with Crippen LogP contribution in [0.1, 0.15) is 16.8 Å². The lowest BCUT2D eigenvalue weighted by Gasteiger charge is -2.22. The van der Waals surface area contributed by atoms with Crippen molar-refractivity contribution in [3.05, 3.63) is 27.9 Å². The normalized spacial score (nSPS) is 15.8. The highest BCUT2D eigenvalue weighted by Gasteiger charge is 2.25. The van der Waals surface area contributed by atoms with Crippen molar-refractivity contribution >= 4 is 23.4 Å². The third-order valence-corrected chi connectivity index (χ3v) is 3.27. The van der Waals surface area contributed by atoms with Crippen LogP contribution in [0.25, 0.3) is 0 Å². The summed E-state index contributed by atoms with van der Waals surface area (Å²) in [5.74, 6) is -1.38. The molecule has 1 amide bonds. The van der Waals surface area contributed by atoms with E-state index in [0.717, 1.165) is 12.3 Å². The molecule has 1 N–H and O–H groups in total. The van der Waals surface area contributed by atoms with Crippen molar-refractivity contribution < 1.29 is 19.6 Å². The van der Waals surface area contributed by atoms with E-state index in [1.54, 1.807) is 16.8 Å². The number of carbonyl (C=O) groups is 2. The van der Waals surface area contributed by atoms with Gasteiger partial charge < -0.3 is 14.9 Å². The third-order valence-electron chi connectivity index (χ3n) is 3.27. The Bertz CT molecular complexity index is 603. The fourth-order valence-electron chi connectivity index (χ4n) is 2.12. The van der Waals surface area contributed by atoms with Crippen LogP contribution in [0.5, 0.6) is 0 Å². The van der Waals surface area contributed by atoms with Gasteiger partial charge in [-0.3, -0.25) is 14.9 Å². The number of pyridine rings is 1. The molecule has 2 heterocycles. The number of nitrogens with zero attached hydrogens (tertiary/aromatic N) is 4. The van der Waals surface area contributed by atoms with Gasteiger partial charge in [-0.2, -0.15) is 0 Å². The molecule has 0 saturated carbocycles. The zero-order valence-corrected chi connectivity index (χ0v) is 11.4. The molecule has 9 nitrogen and oxygen atoms in total. The zero-order chi connectivity index (χ0) is 15.6. The molecule has 0 bridgehead atoms. The molecule has 0 spiro atoms. The largest absolute Gasteiger partial charge is 0.478 e. The van der Waals surface area contributed by atoms with Crippen molar-refractivity contribution in [1.29, 1.82) is 0 Å². The van der Waals surface area contributed by atoms with Gasteiger partial charge in [-0.1, -0.05) is 0 Å². The second-order valence-electron chi connectivity index (χ2n) is 4.72. The average Bonchev–Trinajstić information content (AvgIpc) is 2.60. The van der Waals surface area contributed by atoms with Crippen LogP contribution in [-0.4, -0.2) is 58.5 Å². The summed E-state index contributed by atoms with van der Waals surface area (Å²) in [6.07, 6.45) is 1.67. The number of likely N-dealkylation sites (N-methyl/N-ethyl adjacent to an activating group) is 1. The number of rotatable bonds is 3. The van der Waals surface area contributed by atoms with Crippen LogP contribution in [-0.2, 0) is 4.79 Å². The summed E-state index contributed by atoms with van der Waals surface area (Å²) in [6, 6.07) is 0.962. The van der Waals surface area contributed by atoms with Gasteiger partial charge in [0.2, 0.25) is 5.91 Å². The first kappa shape index (κ1) is 14.7. The predicted octanol–water partition coefficient (Wildman–Crippen LogP) is 0.356. The maximum Gasteiger partial charge on any atom is 0.339 e. The molecule has 0 radical (unpaired) electrons. The third kappa shape index (κ3) is 3.07. The van der Waals surface area contributed by atoms with Crippen molar-refractivity contribution in [3.63, 3.8) is 0 Å². The number of nitro groups is 1. The maximum absolute atomic E-state index is 11.9. The molecule has 0 atom stereocenters. The summed E-state index contributed by atoms with van der Waals surface area (Å²) >= 11 is 0. The van der Waals surface area contributed by atoms with E-state index in [4.69, 9.17) is 0 Å². The molecule has 9 heteroatoms. The highest BCUT2D eigenvalue weighted by atomic mass is 16.6. The fourth-order valence-corrected chi connectivity index (χ4v) is 2.12. The Kier molecular flexibility index (Phi) is 4.01. The van der Waals surface area contributed by atoms with E-state index in [1.807, 2.05) is 0 Å². The van der Waals surface area contributed by atoms with Gasteiger partial charge >= 0.3 is 5.97 Å². The number of hydrogen-bond donors (Lipinski definition) is 1. The first-order valence-electron chi connectivity index (χ1n) is 6.27. The van der Waals surface area contributed by atoms with Crippen molar-refractivity contribution in [1.82, 2.24) is 9.88 Å². The monoisotopic (exact) mass is 294 g/mol. The van der Waals surface area contributed by atoms with Crippen molar-refractivity contribution in [3.8, 4) is 0 Å². The quantitative estimate of drug-likeness (QED) is 0.631. The standard InChI is InChI=1S/C12H14N4O5/c1-14-3-2-4-15(7-10(14)17)11-9(12(18)19)5-8(6-13-11)16(20)21/h5-6H,2-4,7H2,1H3,(H,18,19). The Morgan fingerprint density at radius 1 is 1.48 bits per heavy atom. The molecular formula is C12H14N4O5. The summed E-state index contributed by atoms with van der Waals surface area (Å²) in [5, 5.41) is 19.9. The van der Waals surface area contributed by atoms with Crippen LogP contribution in [0.2, 0.25) is 0 Å². The molecule has 1 aliphatic rings. The van der Waals surface area contributed by atoms with Crippen LogP contribution in [0.3, 0.4) is 0 Å². The molecule has 112 valence electrons. The summed E-state index contributed by atoms with van der Waals surface area (Å²) in [6.45, 7) is 1.04. The van der Waals surface area contributed by atoms with Gasteiger partial charge in [-0.15, -0.1) is 0 Å². The molecule has 0 unspecified atom stereocenters. The number of aromatic carboxylic acids is 1. The molecule has 1 saturated heterocycles. The Balaban J connectivity index is 2.40. The number of carboxylic acid groups (broad SMARTS) is 1. The van der Waals surface area contributed by atoms with Crippen molar-refractivity contribution in [2.45, 2.75) is 6.42 Å². The molecule has 21 heavy (non-hydrogen) atoms. The second kappa shape index (κ2) is 5.73. The number of hydrogen-bond acceptors (Lipinski definition) is 6. The van der Waals surface area contributed by atoms with E-state index in [-0.39, 0.29) is 23.8 Å². The van der Waals surface area contributed by atoms with E-state index < -0.39 is 16.6 Å². The van der Waals surface area contributed by atoms with Crippen LogP contribution in [0, 0.1) is 10.1 Å². The Morgan fingerprint density at radius 3 is 2.81 bits per heavy atom. The average molecular weight is 294 g/mol. The predicted molar refractivity (Wildman–Crippen MR) is 72.3 cm³/mol. The maximum atomic E-state index is 11.9. The Morgan fingerprint density at radius 2 is 2.19 bits per heavy atom. The molecule has 1 aromatic rings. The summed E-state index contributed by atoms with van der Waals surface area (Å²) in [7, 11) is 1.67. The van der Waals surface area contributed by atoms with E-state index in [0.29, 0.717) is 19.5 Å².